The van der Waals surface area contributed by atoms with Crippen molar-refractivity contribution in [2.75, 3.05) is 4.72 Å². The molecule has 13 heteroatoms. The van der Waals surface area contributed by atoms with E-state index >= 15 is 0 Å². The van der Waals surface area contributed by atoms with Crippen LogP contribution in [0.15, 0.2) is 42.5 Å². The maximum absolute atomic E-state index is 12.2. The molecule has 0 aliphatic carbocycles. The average Bonchev–Trinajstić information content (AvgIpc) is 2.54. The molecule has 0 atom stereocenters. The molecule has 2 aromatic carbocycles. The van der Waals surface area contributed by atoms with Gasteiger partial charge in [-0.15, -0.1) is 0 Å². The van der Waals surface area contributed by atoms with Crippen LogP contribution in [0.4, 0.5) is 22.7 Å². The molecule has 0 spiro atoms. The summed E-state index contributed by atoms with van der Waals surface area (Å²) in [6, 6.07) is 8.66. The van der Waals surface area contributed by atoms with Crippen molar-refractivity contribution in [1.82, 2.24) is 0 Å². The minimum absolute atomic E-state index is 0.340. The highest BCUT2D eigenvalue weighted by molar-refractivity contribution is 7.91. The highest BCUT2D eigenvalue weighted by Gasteiger charge is 2.33. The monoisotopic (exact) mass is 382 g/mol. The zero-order chi connectivity index (χ0) is 19.5. The van der Waals surface area contributed by atoms with E-state index in [1.807, 2.05) is 0 Å². The van der Waals surface area contributed by atoms with Crippen LogP contribution >= 0.6 is 0 Å². The average molecular weight is 382 g/mol. The summed E-state index contributed by atoms with van der Waals surface area (Å²) in [4.78, 5) is 29.8. The van der Waals surface area contributed by atoms with Crippen LogP contribution in [0, 0.1) is 30.3 Å². The lowest BCUT2D eigenvalue weighted by molar-refractivity contribution is -0.401. The molecule has 0 fully saturated rings. The zero-order valence-corrected chi connectivity index (χ0v) is 13.6. The van der Waals surface area contributed by atoms with Gasteiger partial charge in [-0.3, -0.25) is 35.1 Å². The molecule has 0 aliphatic heterocycles. The van der Waals surface area contributed by atoms with E-state index in [0.717, 1.165) is 0 Å². The second-order valence-corrected chi connectivity index (χ2v) is 6.70. The van der Waals surface area contributed by atoms with E-state index in [-0.39, 0.29) is 0 Å². The third kappa shape index (κ3) is 4.27. The van der Waals surface area contributed by atoms with Crippen molar-refractivity contribution in [1.29, 1.82) is 0 Å². The highest BCUT2D eigenvalue weighted by atomic mass is 32.2. The number of nitro groups is 3. The third-order valence-corrected chi connectivity index (χ3v) is 4.37. The van der Waals surface area contributed by atoms with Gasteiger partial charge in [0.05, 0.1) is 32.7 Å². The van der Waals surface area contributed by atoms with Gasteiger partial charge in [0, 0.05) is 0 Å². The molecule has 2 rings (SSSR count). The maximum atomic E-state index is 12.2. The first-order chi connectivity index (χ1) is 12.1. The van der Waals surface area contributed by atoms with Crippen molar-refractivity contribution >= 4 is 32.8 Å². The molecule has 0 unspecified atom stereocenters. The van der Waals surface area contributed by atoms with Gasteiger partial charge in [0.1, 0.15) is 0 Å². The molecular formula is C13H10N4O8S. The summed E-state index contributed by atoms with van der Waals surface area (Å²) < 4.78 is 26.3. The lowest BCUT2D eigenvalue weighted by Gasteiger charge is -2.09. The van der Waals surface area contributed by atoms with Gasteiger partial charge in [-0.25, -0.2) is 8.42 Å². The molecule has 0 bridgehead atoms. The second kappa shape index (κ2) is 7.10. The van der Waals surface area contributed by atoms with Gasteiger partial charge in [-0.1, -0.05) is 30.3 Å². The van der Waals surface area contributed by atoms with Crippen LogP contribution in [0.2, 0.25) is 0 Å². The minimum Gasteiger partial charge on any atom is -0.271 e. The Morgan fingerprint density at radius 1 is 0.846 bits per heavy atom. The van der Waals surface area contributed by atoms with Gasteiger partial charge in [-0.05, 0) is 5.56 Å². The molecule has 12 nitrogen and oxygen atoms in total. The Labute approximate surface area is 145 Å². The Morgan fingerprint density at radius 2 is 1.35 bits per heavy atom. The standard InChI is InChI=1S/C13H10N4O8S/c18-15(19)10-6-11(16(20)21)13(12(7-10)17(22)23)14-26(24,25)8-9-4-2-1-3-5-9/h1-7,14H,8H2. The number of hydrogen-bond donors (Lipinski definition) is 1. The fraction of sp³-hybridized carbons (Fsp3) is 0.0769. The molecule has 26 heavy (non-hydrogen) atoms. The normalized spacial score (nSPS) is 10.9. The predicted molar refractivity (Wildman–Crippen MR) is 89.1 cm³/mol. The molecule has 0 aliphatic rings. The van der Waals surface area contributed by atoms with E-state index in [9.17, 15) is 38.8 Å². The summed E-state index contributed by atoms with van der Waals surface area (Å²) in [5.41, 5.74) is -3.70. The fourth-order valence-electron chi connectivity index (χ4n) is 2.08. The first-order valence-electron chi connectivity index (χ1n) is 6.76. The number of rotatable bonds is 7. The fourth-order valence-corrected chi connectivity index (χ4v) is 3.30. The number of non-ortho nitro benzene ring substituents is 1. The Bertz CT molecular complexity index is 955. The summed E-state index contributed by atoms with van der Waals surface area (Å²) in [6.07, 6.45) is 0. The zero-order valence-electron chi connectivity index (χ0n) is 12.8. The van der Waals surface area contributed by atoms with E-state index < -0.39 is 53.3 Å². The Hall–Kier alpha value is -3.61. The SMILES string of the molecule is O=[N+]([O-])c1cc([N+](=O)[O-])c(NS(=O)(=O)Cc2ccccc2)c([N+](=O)[O-])c1. The molecule has 1 N–H and O–H groups in total. The molecule has 0 aromatic heterocycles. The van der Waals surface area contributed by atoms with Gasteiger partial charge in [0.2, 0.25) is 15.7 Å². The van der Waals surface area contributed by atoms with Crippen LogP contribution < -0.4 is 4.72 Å². The molecule has 2 aromatic rings. The van der Waals surface area contributed by atoms with E-state index in [1.165, 1.54) is 12.1 Å². The van der Waals surface area contributed by atoms with Crippen molar-refractivity contribution < 1.29 is 23.2 Å². The number of hydrogen-bond acceptors (Lipinski definition) is 8. The molecular weight excluding hydrogens is 372 g/mol. The maximum Gasteiger partial charge on any atom is 0.307 e. The van der Waals surface area contributed by atoms with Gasteiger partial charge >= 0.3 is 11.4 Å². The van der Waals surface area contributed by atoms with Crippen LogP contribution in [0.1, 0.15) is 5.56 Å². The minimum atomic E-state index is -4.26. The largest absolute Gasteiger partial charge is 0.307 e. The first-order valence-corrected chi connectivity index (χ1v) is 8.41. The van der Waals surface area contributed by atoms with Crippen LogP contribution in [0.5, 0.6) is 0 Å². The summed E-state index contributed by atoms with van der Waals surface area (Å²) in [7, 11) is -4.26. The van der Waals surface area contributed by atoms with Crippen LogP contribution in [0.25, 0.3) is 0 Å². The summed E-state index contributed by atoms with van der Waals surface area (Å²) >= 11 is 0. The van der Waals surface area contributed by atoms with Crippen LogP contribution in [-0.4, -0.2) is 23.2 Å². The number of benzene rings is 2. The summed E-state index contributed by atoms with van der Waals surface area (Å²) in [5.74, 6) is -0.598. The first kappa shape index (κ1) is 18.7. The van der Waals surface area contributed by atoms with Gasteiger partial charge in [0.15, 0.2) is 0 Å². The van der Waals surface area contributed by atoms with Crippen LogP contribution in [-0.2, 0) is 15.8 Å². The van der Waals surface area contributed by atoms with Gasteiger partial charge < -0.3 is 0 Å². The topological polar surface area (TPSA) is 176 Å². The molecule has 0 heterocycles. The van der Waals surface area contributed by atoms with E-state index in [0.29, 0.717) is 17.7 Å². The quantitative estimate of drug-likeness (QED) is 0.560. The van der Waals surface area contributed by atoms with Crippen molar-refractivity contribution in [2.24, 2.45) is 0 Å². The Morgan fingerprint density at radius 3 is 1.77 bits per heavy atom. The van der Waals surface area contributed by atoms with E-state index in [4.69, 9.17) is 0 Å². The Kier molecular flexibility index (Phi) is 5.11. The summed E-state index contributed by atoms with van der Waals surface area (Å²) in [6.45, 7) is 0. The third-order valence-electron chi connectivity index (χ3n) is 3.14. The number of nitro benzene ring substituents is 3. The van der Waals surface area contributed by atoms with E-state index in [1.54, 1.807) is 22.9 Å². The number of sulfonamides is 1. The molecule has 0 saturated carbocycles. The van der Waals surface area contributed by atoms with Crippen molar-refractivity contribution in [3.8, 4) is 0 Å². The summed E-state index contributed by atoms with van der Waals surface area (Å²) in [5, 5.41) is 33.1. The Balaban J connectivity index is 2.55. The lowest BCUT2D eigenvalue weighted by atomic mass is 10.2. The van der Waals surface area contributed by atoms with E-state index in [2.05, 4.69) is 0 Å². The second-order valence-electron chi connectivity index (χ2n) is 4.98. The number of nitrogens with zero attached hydrogens (tertiary/aromatic N) is 3. The molecule has 136 valence electrons. The molecule has 0 saturated heterocycles. The molecule has 0 amide bonds. The highest BCUT2D eigenvalue weighted by Crippen LogP contribution is 2.39. The van der Waals surface area contributed by atoms with Gasteiger partial charge in [-0.2, -0.15) is 0 Å². The van der Waals surface area contributed by atoms with Crippen molar-refractivity contribution in [2.45, 2.75) is 5.75 Å². The number of anilines is 1. The smallest absolute Gasteiger partial charge is 0.271 e. The lowest BCUT2D eigenvalue weighted by Crippen LogP contribution is -2.17. The van der Waals surface area contributed by atoms with Crippen molar-refractivity contribution in [3.63, 3.8) is 0 Å². The molecule has 0 radical (unpaired) electrons. The van der Waals surface area contributed by atoms with Gasteiger partial charge in [0.25, 0.3) is 5.69 Å². The van der Waals surface area contributed by atoms with Crippen molar-refractivity contribution in [3.05, 3.63) is 78.4 Å². The predicted octanol–water partition coefficient (Wildman–Crippen LogP) is 2.35. The number of nitrogens with one attached hydrogen (secondary N) is 1. The van der Waals surface area contributed by atoms with Crippen LogP contribution in [0.3, 0.4) is 0 Å².